The lowest BCUT2D eigenvalue weighted by atomic mass is 9.83. The zero-order valence-corrected chi connectivity index (χ0v) is 25.6. The largest absolute Gasteiger partial charge is 0.455 e. The molecule has 1 aromatic heterocycles. The molecule has 1 heteroatoms. The summed E-state index contributed by atoms with van der Waals surface area (Å²) in [7, 11) is 0. The Morgan fingerprint density at radius 3 is 1.55 bits per heavy atom. The van der Waals surface area contributed by atoms with E-state index in [2.05, 4.69) is 170 Å². The van der Waals surface area contributed by atoms with Crippen LogP contribution < -0.4 is 0 Å². The molecular formula is C46H28O. The minimum atomic E-state index is 0.925. The van der Waals surface area contributed by atoms with E-state index in [1.165, 1.54) is 60.0 Å². The fraction of sp³-hybridized carbons (Fsp3) is 0. The minimum absolute atomic E-state index is 0.925. The molecular weight excluding hydrogens is 569 g/mol. The third-order valence-corrected chi connectivity index (χ3v) is 9.83. The Labute approximate surface area is 271 Å². The van der Waals surface area contributed by atoms with Crippen LogP contribution >= 0.6 is 0 Å². The second-order valence-corrected chi connectivity index (χ2v) is 12.4. The van der Waals surface area contributed by atoms with Crippen molar-refractivity contribution in [2.24, 2.45) is 0 Å². The van der Waals surface area contributed by atoms with Gasteiger partial charge in [0.05, 0.1) is 0 Å². The summed E-state index contributed by atoms with van der Waals surface area (Å²) in [6.07, 6.45) is 0. The van der Waals surface area contributed by atoms with Gasteiger partial charge in [-0.1, -0.05) is 152 Å². The summed E-state index contributed by atoms with van der Waals surface area (Å²) in [5.74, 6) is 0. The van der Waals surface area contributed by atoms with Gasteiger partial charge < -0.3 is 4.42 Å². The number of para-hydroxylation sites is 1. The van der Waals surface area contributed by atoms with Crippen molar-refractivity contribution in [2.45, 2.75) is 0 Å². The first kappa shape index (κ1) is 26.1. The maximum Gasteiger partial charge on any atom is 0.143 e. The van der Waals surface area contributed by atoms with Crippen LogP contribution in [0.15, 0.2) is 174 Å². The third-order valence-electron chi connectivity index (χ3n) is 9.83. The number of furan rings is 1. The molecule has 10 aromatic rings. The summed E-state index contributed by atoms with van der Waals surface area (Å²) < 4.78 is 6.81. The zero-order valence-electron chi connectivity index (χ0n) is 25.6. The number of fused-ring (bicyclic) bond motifs is 8. The van der Waals surface area contributed by atoms with Crippen LogP contribution in [-0.4, -0.2) is 0 Å². The fourth-order valence-electron chi connectivity index (χ4n) is 7.76. The highest BCUT2D eigenvalue weighted by Crippen LogP contribution is 2.47. The Morgan fingerprint density at radius 1 is 0.277 bits per heavy atom. The standard InChI is InChI=1S/C46H28O/c1-2-14-30(15-3-1)43-36-19-8-10-21-38(36)44(39-22-11-9-20-37(39)43)42-28-32(27-31-16-5-6-17-33(31)42)35-23-12-24-40-41-26-25-29-13-4-7-18-34(29)45(41)47-46(35)40/h1-28H. The highest BCUT2D eigenvalue weighted by atomic mass is 16.3. The molecule has 0 fully saturated rings. The lowest BCUT2D eigenvalue weighted by Crippen LogP contribution is -1.92. The maximum absolute atomic E-state index is 6.81. The van der Waals surface area contributed by atoms with E-state index >= 15 is 0 Å². The lowest BCUT2D eigenvalue weighted by molar-refractivity contribution is 0.674. The summed E-state index contributed by atoms with van der Waals surface area (Å²) in [4.78, 5) is 0. The first-order valence-corrected chi connectivity index (χ1v) is 16.2. The second kappa shape index (κ2) is 10.2. The Balaban J connectivity index is 1.32. The van der Waals surface area contributed by atoms with Crippen molar-refractivity contribution in [1.82, 2.24) is 0 Å². The fourth-order valence-corrected chi connectivity index (χ4v) is 7.76. The molecule has 0 aliphatic rings. The molecule has 0 spiro atoms. The monoisotopic (exact) mass is 596 g/mol. The van der Waals surface area contributed by atoms with E-state index < -0.39 is 0 Å². The van der Waals surface area contributed by atoms with E-state index in [9.17, 15) is 0 Å². The smallest absolute Gasteiger partial charge is 0.143 e. The minimum Gasteiger partial charge on any atom is -0.455 e. The van der Waals surface area contributed by atoms with Crippen LogP contribution in [0, 0.1) is 0 Å². The summed E-state index contributed by atoms with van der Waals surface area (Å²) in [5.41, 5.74) is 9.11. The van der Waals surface area contributed by atoms with Crippen LogP contribution in [0.5, 0.6) is 0 Å². The van der Waals surface area contributed by atoms with Gasteiger partial charge in [0.25, 0.3) is 0 Å². The molecule has 9 aromatic carbocycles. The highest BCUT2D eigenvalue weighted by molar-refractivity contribution is 6.24. The van der Waals surface area contributed by atoms with Gasteiger partial charge in [-0.25, -0.2) is 0 Å². The molecule has 0 radical (unpaired) electrons. The molecule has 0 aliphatic carbocycles. The van der Waals surface area contributed by atoms with E-state index in [4.69, 9.17) is 4.42 Å². The van der Waals surface area contributed by atoms with Crippen LogP contribution in [-0.2, 0) is 0 Å². The molecule has 0 bridgehead atoms. The average Bonchev–Trinajstić information content (AvgIpc) is 3.53. The summed E-state index contributed by atoms with van der Waals surface area (Å²) in [6.45, 7) is 0. The van der Waals surface area contributed by atoms with Crippen LogP contribution in [0.1, 0.15) is 0 Å². The average molecular weight is 597 g/mol. The molecule has 218 valence electrons. The predicted octanol–water partition coefficient (Wildman–Crippen LogP) is 13.2. The van der Waals surface area contributed by atoms with Crippen LogP contribution in [0.3, 0.4) is 0 Å². The van der Waals surface area contributed by atoms with Crippen molar-refractivity contribution >= 4 is 65.0 Å². The molecule has 0 saturated heterocycles. The predicted molar refractivity (Wildman–Crippen MR) is 200 cm³/mol. The van der Waals surface area contributed by atoms with Gasteiger partial charge in [-0.05, 0) is 83.7 Å². The summed E-state index contributed by atoms with van der Waals surface area (Å²) in [5, 5.41) is 12.1. The number of hydrogen-bond donors (Lipinski definition) is 0. The first-order chi connectivity index (χ1) is 23.3. The van der Waals surface area contributed by atoms with Gasteiger partial charge in [0.2, 0.25) is 0 Å². The van der Waals surface area contributed by atoms with E-state index in [1.54, 1.807) is 0 Å². The van der Waals surface area contributed by atoms with Crippen molar-refractivity contribution in [3.63, 3.8) is 0 Å². The molecule has 0 atom stereocenters. The highest BCUT2D eigenvalue weighted by Gasteiger charge is 2.20. The van der Waals surface area contributed by atoms with E-state index in [1.807, 2.05) is 0 Å². The van der Waals surface area contributed by atoms with Gasteiger partial charge in [-0.2, -0.15) is 0 Å². The van der Waals surface area contributed by atoms with E-state index in [0.29, 0.717) is 0 Å². The van der Waals surface area contributed by atoms with Gasteiger partial charge >= 0.3 is 0 Å². The molecule has 10 rings (SSSR count). The molecule has 47 heavy (non-hydrogen) atoms. The van der Waals surface area contributed by atoms with Crippen LogP contribution in [0.25, 0.3) is 98.4 Å². The molecule has 0 amide bonds. The Kier molecular flexibility index (Phi) is 5.64. The lowest BCUT2D eigenvalue weighted by Gasteiger charge is -2.19. The second-order valence-electron chi connectivity index (χ2n) is 12.4. The van der Waals surface area contributed by atoms with Crippen molar-refractivity contribution in [3.8, 4) is 33.4 Å². The number of rotatable bonds is 3. The molecule has 0 N–H and O–H groups in total. The van der Waals surface area contributed by atoms with Crippen LogP contribution in [0.2, 0.25) is 0 Å². The number of benzene rings is 9. The number of hydrogen-bond acceptors (Lipinski definition) is 1. The molecule has 0 saturated carbocycles. The van der Waals surface area contributed by atoms with Gasteiger partial charge in [-0.3, -0.25) is 0 Å². The Morgan fingerprint density at radius 2 is 0.830 bits per heavy atom. The summed E-state index contributed by atoms with van der Waals surface area (Å²) in [6, 6.07) is 61.5. The van der Waals surface area contributed by atoms with Crippen molar-refractivity contribution in [1.29, 1.82) is 0 Å². The SMILES string of the molecule is c1ccc(-c2c3ccccc3c(-c3cc(-c4cccc5c4oc4c6ccccc6ccc54)cc4ccccc34)c3ccccc23)cc1. The van der Waals surface area contributed by atoms with Gasteiger partial charge in [0.1, 0.15) is 11.2 Å². The Hall–Kier alpha value is -6.18. The van der Waals surface area contributed by atoms with Gasteiger partial charge in [0, 0.05) is 21.7 Å². The van der Waals surface area contributed by atoms with Gasteiger partial charge in [-0.15, -0.1) is 0 Å². The third kappa shape index (κ3) is 3.90. The van der Waals surface area contributed by atoms with Crippen molar-refractivity contribution in [2.75, 3.05) is 0 Å². The van der Waals surface area contributed by atoms with Crippen LogP contribution in [0.4, 0.5) is 0 Å². The molecule has 0 aliphatic heterocycles. The van der Waals surface area contributed by atoms with E-state index in [0.717, 1.165) is 38.5 Å². The first-order valence-electron chi connectivity index (χ1n) is 16.2. The Bertz CT molecular complexity index is 2780. The van der Waals surface area contributed by atoms with Crippen molar-refractivity contribution < 1.29 is 4.42 Å². The van der Waals surface area contributed by atoms with Crippen molar-refractivity contribution in [3.05, 3.63) is 170 Å². The molecule has 1 nitrogen and oxygen atoms in total. The van der Waals surface area contributed by atoms with E-state index in [-0.39, 0.29) is 0 Å². The summed E-state index contributed by atoms with van der Waals surface area (Å²) >= 11 is 0. The maximum atomic E-state index is 6.81. The zero-order chi connectivity index (χ0) is 30.9. The quantitative estimate of drug-likeness (QED) is 0.185. The topological polar surface area (TPSA) is 13.1 Å². The molecule has 0 unspecified atom stereocenters. The van der Waals surface area contributed by atoms with Gasteiger partial charge in [0.15, 0.2) is 0 Å². The normalized spacial score (nSPS) is 11.8. The molecule has 1 heterocycles.